The van der Waals surface area contributed by atoms with Gasteiger partial charge in [-0.15, -0.1) is 0 Å². The van der Waals surface area contributed by atoms with Crippen LogP contribution in [0.2, 0.25) is 0 Å². The van der Waals surface area contributed by atoms with Gasteiger partial charge in [0.25, 0.3) is 5.91 Å². The van der Waals surface area contributed by atoms with Gasteiger partial charge in [0.1, 0.15) is 0 Å². The first-order valence-corrected chi connectivity index (χ1v) is 8.69. The molecular formula is C21H22N2O. The van der Waals surface area contributed by atoms with Crippen LogP contribution in [-0.2, 0) is 0 Å². The van der Waals surface area contributed by atoms with Crippen molar-refractivity contribution in [3.63, 3.8) is 0 Å². The van der Waals surface area contributed by atoms with Crippen LogP contribution in [0.25, 0.3) is 10.9 Å². The molecule has 24 heavy (non-hydrogen) atoms. The van der Waals surface area contributed by atoms with Crippen molar-refractivity contribution in [1.82, 2.24) is 9.88 Å². The van der Waals surface area contributed by atoms with Crippen LogP contribution in [0.15, 0.2) is 48.5 Å². The molecule has 3 aromatic rings. The summed E-state index contributed by atoms with van der Waals surface area (Å²) in [5, 5.41) is 1.21. The Labute approximate surface area is 142 Å². The average Bonchev–Trinajstić information content (AvgIpc) is 3.07. The SMILES string of the molecule is CCCCN1C(=O)c2ccccc2[C@H]1c1c(C)[nH]c2ccccc12. The summed E-state index contributed by atoms with van der Waals surface area (Å²) in [6.45, 7) is 5.08. The third kappa shape index (κ3) is 2.15. The highest BCUT2D eigenvalue weighted by atomic mass is 16.2. The molecule has 0 fully saturated rings. The number of aromatic nitrogens is 1. The third-order valence-corrected chi connectivity index (χ3v) is 5.03. The number of carbonyl (C=O) groups excluding carboxylic acids is 1. The molecule has 4 rings (SSSR count). The summed E-state index contributed by atoms with van der Waals surface area (Å²) in [6.07, 6.45) is 2.11. The summed E-state index contributed by atoms with van der Waals surface area (Å²) in [5.41, 5.74) is 5.50. The molecule has 122 valence electrons. The number of H-pyrrole nitrogens is 1. The average molecular weight is 318 g/mol. The van der Waals surface area contributed by atoms with Gasteiger partial charge in [-0.05, 0) is 31.0 Å². The molecule has 1 aliphatic rings. The summed E-state index contributed by atoms with van der Waals surface area (Å²) >= 11 is 0. The van der Waals surface area contributed by atoms with Crippen LogP contribution in [0.1, 0.15) is 53.0 Å². The van der Waals surface area contributed by atoms with E-state index in [0.29, 0.717) is 0 Å². The molecule has 2 heterocycles. The van der Waals surface area contributed by atoms with Crippen LogP contribution in [0.5, 0.6) is 0 Å². The molecule has 0 spiro atoms. The van der Waals surface area contributed by atoms with Crippen LogP contribution < -0.4 is 0 Å². The molecule has 0 aliphatic carbocycles. The van der Waals surface area contributed by atoms with Gasteiger partial charge in [-0.2, -0.15) is 0 Å². The quantitative estimate of drug-likeness (QED) is 0.735. The Morgan fingerprint density at radius 2 is 1.83 bits per heavy atom. The van der Waals surface area contributed by atoms with Crippen molar-refractivity contribution < 1.29 is 4.79 Å². The second kappa shape index (κ2) is 5.82. The smallest absolute Gasteiger partial charge is 0.255 e. The predicted octanol–water partition coefficient (Wildman–Crippen LogP) is 4.82. The van der Waals surface area contributed by atoms with E-state index < -0.39 is 0 Å². The number of aromatic amines is 1. The Morgan fingerprint density at radius 3 is 2.67 bits per heavy atom. The lowest BCUT2D eigenvalue weighted by atomic mass is 9.95. The normalized spacial score (nSPS) is 16.8. The Bertz CT molecular complexity index is 909. The minimum Gasteiger partial charge on any atom is -0.358 e. The largest absolute Gasteiger partial charge is 0.358 e. The zero-order valence-corrected chi connectivity index (χ0v) is 14.2. The van der Waals surface area contributed by atoms with Crippen molar-refractivity contribution in [2.45, 2.75) is 32.7 Å². The summed E-state index contributed by atoms with van der Waals surface area (Å²) in [6, 6.07) is 16.4. The van der Waals surface area contributed by atoms with E-state index >= 15 is 0 Å². The summed E-state index contributed by atoms with van der Waals surface area (Å²) in [4.78, 5) is 18.5. The molecule has 1 atom stereocenters. The second-order valence-corrected chi connectivity index (χ2v) is 6.55. The van der Waals surface area contributed by atoms with Gasteiger partial charge in [-0.3, -0.25) is 4.79 Å². The van der Waals surface area contributed by atoms with Crippen LogP contribution in [0.3, 0.4) is 0 Å². The topological polar surface area (TPSA) is 36.1 Å². The second-order valence-electron chi connectivity index (χ2n) is 6.55. The summed E-state index contributed by atoms with van der Waals surface area (Å²) in [7, 11) is 0. The maximum absolute atomic E-state index is 13.0. The molecule has 1 aliphatic heterocycles. The highest BCUT2D eigenvalue weighted by molar-refractivity contribution is 6.01. The zero-order valence-electron chi connectivity index (χ0n) is 14.2. The van der Waals surface area contributed by atoms with Crippen LogP contribution >= 0.6 is 0 Å². The molecule has 0 unspecified atom stereocenters. The summed E-state index contributed by atoms with van der Waals surface area (Å²) < 4.78 is 0. The molecule has 1 amide bonds. The Balaban J connectivity index is 1.92. The highest BCUT2D eigenvalue weighted by Gasteiger charge is 2.38. The predicted molar refractivity (Wildman–Crippen MR) is 97.3 cm³/mol. The van der Waals surface area contributed by atoms with E-state index in [0.717, 1.165) is 41.7 Å². The van der Waals surface area contributed by atoms with Crippen LogP contribution in [0, 0.1) is 6.92 Å². The van der Waals surface area contributed by atoms with Crippen molar-refractivity contribution >= 4 is 16.8 Å². The van der Waals surface area contributed by atoms with Gasteiger partial charge in [-0.1, -0.05) is 49.7 Å². The number of rotatable bonds is 4. The number of aryl methyl sites for hydroxylation is 1. The van der Waals surface area contributed by atoms with E-state index in [2.05, 4.69) is 48.0 Å². The number of nitrogens with one attached hydrogen (secondary N) is 1. The highest BCUT2D eigenvalue weighted by Crippen LogP contribution is 2.42. The number of fused-ring (bicyclic) bond motifs is 2. The van der Waals surface area contributed by atoms with Gasteiger partial charge in [0, 0.05) is 34.3 Å². The Kier molecular flexibility index (Phi) is 3.64. The fourth-order valence-corrected chi connectivity index (χ4v) is 3.89. The van der Waals surface area contributed by atoms with E-state index in [1.165, 1.54) is 10.9 Å². The van der Waals surface area contributed by atoms with E-state index in [1.807, 2.05) is 24.3 Å². The molecule has 0 saturated carbocycles. The first kappa shape index (κ1) is 15.0. The number of nitrogens with zero attached hydrogens (tertiary/aromatic N) is 1. The van der Waals surface area contributed by atoms with Gasteiger partial charge in [-0.25, -0.2) is 0 Å². The Hall–Kier alpha value is -2.55. The molecule has 2 aromatic carbocycles. The van der Waals surface area contributed by atoms with Gasteiger partial charge in [0.2, 0.25) is 0 Å². The molecule has 3 nitrogen and oxygen atoms in total. The standard InChI is InChI=1S/C21H22N2O/c1-3-4-13-23-20(15-9-5-6-10-16(15)21(23)24)19-14(2)22-18-12-8-7-11-17(18)19/h5-12,20,22H,3-4,13H2,1-2H3/t20-/m0/s1. The number of hydrogen-bond donors (Lipinski definition) is 1. The number of para-hydroxylation sites is 1. The van der Waals surface area contributed by atoms with Gasteiger partial charge in [0.05, 0.1) is 6.04 Å². The molecule has 1 N–H and O–H groups in total. The van der Waals surface area contributed by atoms with Crippen molar-refractivity contribution in [3.8, 4) is 0 Å². The van der Waals surface area contributed by atoms with Gasteiger partial charge >= 0.3 is 0 Å². The minimum absolute atomic E-state index is 0.0106. The first-order valence-electron chi connectivity index (χ1n) is 8.69. The number of unbranched alkanes of at least 4 members (excludes halogenated alkanes) is 1. The number of carbonyl (C=O) groups is 1. The minimum atomic E-state index is 0.0106. The van der Waals surface area contributed by atoms with Crippen molar-refractivity contribution in [2.75, 3.05) is 6.54 Å². The maximum atomic E-state index is 13.0. The molecule has 0 saturated heterocycles. The first-order chi connectivity index (χ1) is 11.7. The Morgan fingerprint density at radius 1 is 1.08 bits per heavy atom. The van der Waals surface area contributed by atoms with Crippen molar-refractivity contribution in [1.29, 1.82) is 0 Å². The number of hydrogen-bond acceptors (Lipinski definition) is 1. The van der Waals surface area contributed by atoms with Crippen LogP contribution in [-0.4, -0.2) is 22.3 Å². The lowest BCUT2D eigenvalue weighted by Gasteiger charge is -2.26. The number of amides is 1. The van der Waals surface area contributed by atoms with Crippen LogP contribution in [0.4, 0.5) is 0 Å². The van der Waals surface area contributed by atoms with Gasteiger partial charge < -0.3 is 9.88 Å². The monoisotopic (exact) mass is 318 g/mol. The fourth-order valence-electron chi connectivity index (χ4n) is 3.89. The van der Waals surface area contributed by atoms with E-state index in [-0.39, 0.29) is 11.9 Å². The molecular weight excluding hydrogens is 296 g/mol. The molecule has 1 aromatic heterocycles. The molecule has 3 heteroatoms. The van der Waals surface area contributed by atoms with E-state index in [4.69, 9.17) is 0 Å². The third-order valence-electron chi connectivity index (χ3n) is 5.03. The zero-order chi connectivity index (χ0) is 16.7. The summed E-state index contributed by atoms with van der Waals surface area (Å²) in [5.74, 6) is 0.161. The number of benzene rings is 2. The molecule has 0 bridgehead atoms. The van der Waals surface area contributed by atoms with E-state index in [1.54, 1.807) is 0 Å². The van der Waals surface area contributed by atoms with Crippen molar-refractivity contribution in [2.24, 2.45) is 0 Å². The maximum Gasteiger partial charge on any atom is 0.255 e. The van der Waals surface area contributed by atoms with Gasteiger partial charge in [0.15, 0.2) is 0 Å². The van der Waals surface area contributed by atoms with Crippen molar-refractivity contribution in [3.05, 3.63) is 70.9 Å². The fraction of sp³-hybridized carbons (Fsp3) is 0.286. The molecule has 0 radical (unpaired) electrons. The van der Waals surface area contributed by atoms with E-state index in [9.17, 15) is 4.79 Å². The lowest BCUT2D eigenvalue weighted by molar-refractivity contribution is 0.0748. The lowest BCUT2D eigenvalue weighted by Crippen LogP contribution is -2.30.